The minimum Gasteiger partial charge on any atom is -0.311 e. The van der Waals surface area contributed by atoms with Crippen LogP contribution in [0, 0.1) is 0 Å². The van der Waals surface area contributed by atoms with Crippen molar-refractivity contribution in [2.24, 2.45) is 0 Å². The molecule has 2 heterocycles. The Morgan fingerprint density at radius 3 is 3.06 bits per heavy atom. The van der Waals surface area contributed by atoms with Gasteiger partial charge in [-0.05, 0) is 20.8 Å². The van der Waals surface area contributed by atoms with E-state index in [9.17, 15) is 0 Å². The molecular formula is C11H21N5. The van der Waals surface area contributed by atoms with Crippen molar-refractivity contribution in [1.82, 2.24) is 25.0 Å². The van der Waals surface area contributed by atoms with Gasteiger partial charge in [-0.3, -0.25) is 4.90 Å². The van der Waals surface area contributed by atoms with E-state index in [-0.39, 0.29) is 0 Å². The van der Waals surface area contributed by atoms with Crippen molar-refractivity contribution in [3.8, 4) is 0 Å². The van der Waals surface area contributed by atoms with E-state index in [0.29, 0.717) is 12.1 Å². The molecule has 0 spiro atoms. The molecule has 0 aliphatic carbocycles. The highest BCUT2D eigenvalue weighted by molar-refractivity contribution is 4.89. The fourth-order valence-electron chi connectivity index (χ4n) is 2.17. The van der Waals surface area contributed by atoms with Gasteiger partial charge in [0, 0.05) is 31.7 Å². The molecule has 2 rings (SSSR count). The topological polar surface area (TPSA) is 46.0 Å². The summed E-state index contributed by atoms with van der Waals surface area (Å²) in [6.45, 7) is 10.5. The monoisotopic (exact) mass is 223 g/mol. The number of nitrogens with zero attached hydrogens (tertiary/aromatic N) is 4. The maximum absolute atomic E-state index is 4.33. The lowest BCUT2D eigenvalue weighted by molar-refractivity contribution is 0.133. The second kappa shape index (κ2) is 4.93. The molecule has 1 aliphatic heterocycles. The van der Waals surface area contributed by atoms with Crippen LogP contribution in [0.15, 0.2) is 6.33 Å². The predicted octanol–water partition coefficient (Wildman–Crippen LogP) is 0.480. The van der Waals surface area contributed by atoms with Gasteiger partial charge < -0.3 is 5.32 Å². The average molecular weight is 223 g/mol. The Morgan fingerprint density at radius 2 is 2.31 bits per heavy atom. The third-order valence-corrected chi connectivity index (χ3v) is 3.23. The van der Waals surface area contributed by atoms with E-state index < -0.39 is 0 Å². The molecule has 1 saturated heterocycles. The molecule has 0 amide bonds. The van der Waals surface area contributed by atoms with Crippen LogP contribution in [-0.4, -0.2) is 44.8 Å². The summed E-state index contributed by atoms with van der Waals surface area (Å²) < 4.78 is 1.97. The van der Waals surface area contributed by atoms with Crippen LogP contribution in [0.4, 0.5) is 0 Å². The van der Waals surface area contributed by atoms with Gasteiger partial charge in [-0.25, -0.2) is 9.67 Å². The Kier molecular flexibility index (Phi) is 3.56. The van der Waals surface area contributed by atoms with Gasteiger partial charge in [0.25, 0.3) is 0 Å². The van der Waals surface area contributed by atoms with E-state index in [2.05, 4.69) is 41.1 Å². The van der Waals surface area contributed by atoms with Crippen LogP contribution in [0.2, 0.25) is 0 Å². The van der Waals surface area contributed by atoms with Gasteiger partial charge >= 0.3 is 0 Å². The minimum atomic E-state index is 0.564. The Balaban J connectivity index is 2.02. The molecule has 1 aromatic heterocycles. The van der Waals surface area contributed by atoms with E-state index in [0.717, 1.165) is 32.0 Å². The molecule has 2 unspecified atom stereocenters. The van der Waals surface area contributed by atoms with Gasteiger partial charge in [-0.15, -0.1) is 0 Å². The Labute approximate surface area is 96.8 Å². The summed E-state index contributed by atoms with van der Waals surface area (Å²) in [6, 6.07) is 1.13. The predicted molar refractivity (Wildman–Crippen MR) is 63.0 cm³/mol. The van der Waals surface area contributed by atoms with Crippen molar-refractivity contribution in [2.45, 2.75) is 45.9 Å². The number of aryl methyl sites for hydroxylation is 1. The first-order chi connectivity index (χ1) is 7.70. The van der Waals surface area contributed by atoms with E-state index in [1.165, 1.54) is 0 Å². The highest BCUT2D eigenvalue weighted by Gasteiger charge is 2.23. The van der Waals surface area contributed by atoms with Crippen LogP contribution in [-0.2, 0) is 13.1 Å². The first-order valence-corrected chi connectivity index (χ1v) is 6.04. The summed E-state index contributed by atoms with van der Waals surface area (Å²) in [4.78, 5) is 6.80. The van der Waals surface area contributed by atoms with Gasteiger partial charge in [0.05, 0.1) is 6.54 Å². The zero-order valence-corrected chi connectivity index (χ0v) is 10.3. The molecule has 0 bridgehead atoms. The molecular weight excluding hydrogens is 202 g/mol. The molecule has 2 atom stereocenters. The van der Waals surface area contributed by atoms with E-state index in [1.807, 2.05) is 4.68 Å². The van der Waals surface area contributed by atoms with Crippen molar-refractivity contribution < 1.29 is 0 Å². The summed E-state index contributed by atoms with van der Waals surface area (Å²) in [5.74, 6) is 1.07. The smallest absolute Gasteiger partial charge is 0.141 e. The standard InChI is InChI=1S/C11H21N5/c1-4-16-11(13-8-14-16)7-15-6-9(2)12-5-10(15)3/h8-10,12H,4-7H2,1-3H3. The van der Waals surface area contributed by atoms with Crippen LogP contribution >= 0.6 is 0 Å². The maximum atomic E-state index is 4.33. The van der Waals surface area contributed by atoms with Gasteiger partial charge in [0.1, 0.15) is 12.2 Å². The van der Waals surface area contributed by atoms with Gasteiger partial charge in [-0.1, -0.05) is 0 Å². The number of hydrogen-bond acceptors (Lipinski definition) is 4. The molecule has 1 aromatic rings. The number of nitrogens with one attached hydrogen (secondary N) is 1. The highest BCUT2D eigenvalue weighted by Crippen LogP contribution is 2.10. The van der Waals surface area contributed by atoms with Crippen LogP contribution in [0.25, 0.3) is 0 Å². The fourth-order valence-corrected chi connectivity index (χ4v) is 2.17. The van der Waals surface area contributed by atoms with Crippen LogP contribution in [0.1, 0.15) is 26.6 Å². The van der Waals surface area contributed by atoms with Gasteiger partial charge in [0.15, 0.2) is 0 Å². The summed E-state index contributed by atoms with van der Waals surface area (Å²) in [5, 5.41) is 7.69. The molecule has 0 aromatic carbocycles. The third-order valence-electron chi connectivity index (χ3n) is 3.23. The lowest BCUT2D eigenvalue weighted by Gasteiger charge is -2.37. The molecule has 90 valence electrons. The van der Waals surface area contributed by atoms with E-state index >= 15 is 0 Å². The zero-order chi connectivity index (χ0) is 11.5. The Morgan fingerprint density at radius 1 is 1.50 bits per heavy atom. The van der Waals surface area contributed by atoms with Crippen LogP contribution < -0.4 is 5.32 Å². The fraction of sp³-hybridized carbons (Fsp3) is 0.818. The summed E-state index contributed by atoms with van der Waals surface area (Å²) in [6.07, 6.45) is 1.65. The zero-order valence-electron chi connectivity index (χ0n) is 10.3. The Bertz CT molecular complexity index is 335. The summed E-state index contributed by atoms with van der Waals surface area (Å²) in [7, 11) is 0. The first kappa shape index (κ1) is 11.5. The molecule has 1 aliphatic rings. The largest absolute Gasteiger partial charge is 0.311 e. The van der Waals surface area contributed by atoms with Crippen molar-refractivity contribution in [3.05, 3.63) is 12.2 Å². The quantitative estimate of drug-likeness (QED) is 0.809. The normalized spacial score (nSPS) is 27.2. The second-order valence-electron chi connectivity index (χ2n) is 4.58. The molecule has 1 fully saturated rings. The molecule has 0 saturated carbocycles. The van der Waals surface area contributed by atoms with Crippen molar-refractivity contribution in [2.75, 3.05) is 13.1 Å². The SMILES string of the molecule is CCn1ncnc1CN1CC(C)NCC1C. The molecule has 0 radical (unpaired) electrons. The van der Waals surface area contributed by atoms with Crippen LogP contribution in [0.5, 0.6) is 0 Å². The lowest BCUT2D eigenvalue weighted by Crippen LogP contribution is -2.53. The number of aromatic nitrogens is 3. The lowest BCUT2D eigenvalue weighted by atomic mass is 10.1. The minimum absolute atomic E-state index is 0.564. The first-order valence-electron chi connectivity index (χ1n) is 6.04. The number of piperazine rings is 1. The highest BCUT2D eigenvalue weighted by atomic mass is 15.4. The van der Waals surface area contributed by atoms with E-state index in [1.54, 1.807) is 6.33 Å². The van der Waals surface area contributed by atoms with Crippen molar-refractivity contribution in [1.29, 1.82) is 0 Å². The molecule has 16 heavy (non-hydrogen) atoms. The van der Waals surface area contributed by atoms with Gasteiger partial charge in [0.2, 0.25) is 0 Å². The van der Waals surface area contributed by atoms with Crippen LogP contribution in [0.3, 0.4) is 0 Å². The third kappa shape index (κ3) is 2.41. The summed E-state index contributed by atoms with van der Waals surface area (Å²) in [5.41, 5.74) is 0. The van der Waals surface area contributed by atoms with Crippen molar-refractivity contribution >= 4 is 0 Å². The van der Waals surface area contributed by atoms with E-state index in [4.69, 9.17) is 0 Å². The number of rotatable bonds is 3. The second-order valence-corrected chi connectivity index (χ2v) is 4.58. The van der Waals surface area contributed by atoms with Gasteiger partial charge in [-0.2, -0.15) is 5.10 Å². The van der Waals surface area contributed by atoms with Crippen molar-refractivity contribution in [3.63, 3.8) is 0 Å². The Hall–Kier alpha value is -0.940. The number of hydrogen-bond donors (Lipinski definition) is 1. The maximum Gasteiger partial charge on any atom is 0.141 e. The molecule has 5 nitrogen and oxygen atoms in total. The summed E-state index contributed by atoms with van der Waals surface area (Å²) >= 11 is 0. The molecule has 1 N–H and O–H groups in total. The average Bonchev–Trinajstić information content (AvgIpc) is 2.71. The molecule has 5 heteroatoms.